The molecule has 1 aromatic rings. The summed E-state index contributed by atoms with van der Waals surface area (Å²) in [4.78, 5) is 1.23. The summed E-state index contributed by atoms with van der Waals surface area (Å²) in [5.41, 5.74) is 7.07. The quantitative estimate of drug-likeness (QED) is 0.855. The Morgan fingerprint density at radius 3 is 2.84 bits per heavy atom. The summed E-state index contributed by atoms with van der Waals surface area (Å²) < 4.78 is 0. The minimum atomic E-state index is 0.189. The van der Waals surface area contributed by atoms with Gasteiger partial charge in [0.15, 0.2) is 0 Å². The van der Waals surface area contributed by atoms with Crippen LogP contribution >= 0.6 is 23.4 Å². The van der Waals surface area contributed by atoms with Gasteiger partial charge < -0.3 is 5.73 Å². The van der Waals surface area contributed by atoms with Crippen molar-refractivity contribution in [3.05, 3.63) is 28.8 Å². The molecule has 3 unspecified atom stereocenters. The maximum Gasteiger partial charge on any atom is 0.0544 e. The molecule has 3 heteroatoms. The van der Waals surface area contributed by atoms with Crippen molar-refractivity contribution in [1.82, 2.24) is 0 Å². The molecule has 0 bridgehead atoms. The Kier molecular flexibility index (Phi) is 5.61. The predicted molar refractivity (Wildman–Crippen MR) is 86.1 cm³/mol. The lowest BCUT2D eigenvalue weighted by molar-refractivity contribution is 0.394. The fourth-order valence-corrected chi connectivity index (χ4v) is 4.53. The Morgan fingerprint density at radius 1 is 1.42 bits per heavy atom. The number of benzene rings is 1. The lowest BCUT2D eigenvalue weighted by Gasteiger charge is -2.26. The van der Waals surface area contributed by atoms with Gasteiger partial charge in [0, 0.05) is 16.2 Å². The van der Waals surface area contributed by atoms with Gasteiger partial charge in [-0.2, -0.15) is 0 Å². The molecule has 0 radical (unpaired) electrons. The molecule has 2 N–H and O–H groups in total. The van der Waals surface area contributed by atoms with E-state index in [0.29, 0.717) is 0 Å². The number of rotatable bonds is 4. The van der Waals surface area contributed by atoms with E-state index in [9.17, 15) is 0 Å². The normalized spacial score (nSPS) is 25.3. The Labute approximate surface area is 126 Å². The second-order valence-corrected chi connectivity index (χ2v) is 7.71. The summed E-state index contributed by atoms with van der Waals surface area (Å²) in [5.74, 6) is 0.863. The molecule has 1 aliphatic rings. The largest absolute Gasteiger partial charge is 0.328 e. The third-order valence-electron chi connectivity index (χ3n) is 3.74. The minimum absolute atomic E-state index is 0.189. The molecule has 1 fully saturated rings. The molecular weight excluding hydrogens is 274 g/mol. The molecule has 0 heterocycles. The van der Waals surface area contributed by atoms with Gasteiger partial charge in [-0.1, -0.05) is 37.4 Å². The van der Waals surface area contributed by atoms with Crippen LogP contribution in [0.15, 0.2) is 23.1 Å². The Hall–Kier alpha value is -0.180. The van der Waals surface area contributed by atoms with Gasteiger partial charge in [0.05, 0.1) is 5.02 Å². The van der Waals surface area contributed by atoms with E-state index in [1.54, 1.807) is 0 Å². The molecule has 2 rings (SSSR count). The van der Waals surface area contributed by atoms with E-state index in [1.165, 1.54) is 36.1 Å². The van der Waals surface area contributed by atoms with Crippen LogP contribution in [0.2, 0.25) is 5.02 Å². The van der Waals surface area contributed by atoms with Crippen LogP contribution in [0.4, 0.5) is 0 Å². The van der Waals surface area contributed by atoms with Crippen molar-refractivity contribution in [2.24, 2.45) is 11.7 Å². The molecule has 0 amide bonds. The van der Waals surface area contributed by atoms with Crippen molar-refractivity contribution in [3.63, 3.8) is 0 Å². The summed E-state index contributed by atoms with van der Waals surface area (Å²) in [7, 11) is 0. The Balaban J connectivity index is 2.00. The number of nitrogens with two attached hydrogens (primary N) is 1. The van der Waals surface area contributed by atoms with Gasteiger partial charge in [0.1, 0.15) is 0 Å². The summed E-state index contributed by atoms with van der Waals surface area (Å²) in [5, 5.41) is 1.63. The molecule has 3 atom stereocenters. The van der Waals surface area contributed by atoms with Crippen molar-refractivity contribution >= 4 is 23.4 Å². The topological polar surface area (TPSA) is 26.0 Å². The lowest BCUT2D eigenvalue weighted by atomic mass is 9.91. The maximum atomic E-state index is 6.41. The lowest BCUT2D eigenvalue weighted by Crippen LogP contribution is -2.17. The van der Waals surface area contributed by atoms with Gasteiger partial charge in [0.25, 0.3) is 0 Å². The van der Waals surface area contributed by atoms with Crippen LogP contribution in [-0.2, 0) is 6.42 Å². The second kappa shape index (κ2) is 7.01. The van der Waals surface area contributed by atoms with Gasteiger partial charge in [-0.05, 0) is 49.8 Å². The average Bonchev–Trinajstić information content (AvgIpc) is 2.32. The molecular formula is C16H24ClNS. The van der Waals surface area contributed by atoms with Gasteiger partial charge >= 0.3 is 0 Å². The fraction of sp³-hybridized carbons (Fsp3) is 0.625. The summed E-state index contributed by atoms with van der Waals surface area (Å²) >= 11 is 8.37. The van der Waals surface area contributed by atoms with Gasteiger partial charge in [-0.3, -0.25) is 0 Å². The van der Waals surface area contributed by atoms with Crippen LogP contribution in [0.3, 0.4) is 0 Å². The highest BCUT2D eigenvalue weighted by molar-refractivity contribution is 8.00. The SMILES string of the molecule is CC(N)Cc1ccc(SC2CCCC(C)C2)c(Cl)c1. The van der Waals surface area contributed by atoms with Crippen molar-refractivity contribution in [1.29, 1.82) is 0 Å². The zero-order valence-corrected chi connectivity index (χ0v) is 13.4. The van der Waals surface area contributed by atoms with Crippen LogP contribution in [0, 0.1) is 5.92 Å². The number of hydrogen-bond acceptors (Lipinski definition) is 2. The maximum absolute atomic E-state index is 6.41. The zero-order chi connectivity index (χ0) is 13.8. The molecule has 1 nitrogen and oxygen atoms in total. The van der Waals surface area contributed by atoms with E-state index in [1.807, 2.05) is 18.7 Å². The third-order valence-corrected chi connectivity index (χ3v) is 5.53. The second-order valence-electron chi connectivity index (χ2n) is 5.96. The van der Waals surface area contributed by atoms with E-state index in [0.717, 1.165) is 22.6 Å². The number of hydrogen-bond donors (Lipinski definition) is 1. The highest BCUT2D eigenvalue weighted by Gasteiger charge is 2.20. The molecule has 0 spiro atoms. The van der Waals surface area contributed by atoms with Crippen LogP contribution in [0.5, 0.6) is 0 Å². The summed E-state index contributed by atoms with van der Waals surface area (Å²) in [6.45, 7) is 4.39. The third kappa shape index (κ3) is 4.70. The monoisotopic (exact) mass is 297 g/mol. The van der Waals surface area contributed by atoms with Gasteiger partial charge in [-0.25, -0.2) is 0 Å². The average molecular weight is 298 g/mol. The molecule has 106 valence electrons. The first kappa shape index (κ1) is 15.2. The van der Waals surface area contributed by atoms with Crippen molar-refractivity contribution in [2.45, 2.75) is 62.1 Å². The number of thioether (sulfide) groups is 1. The van der Waals surface area contributed by atoms with Crippen LogP contribution < -0.4 is 5.73 Å². The van der Waals surface area contributed by atoms with Gasteiger partial charge in [0.2, 0.25) is 0 Å². The standard InChI is InChI=1S/C16H24ClNS/c1-11-4-3-5-14(8-11)19-16-7-6-13(9-12(2)18)10-15(16)17/h6-7,10-12,14H,3-5,8-9,18H2,1-2H3. The van der Waals surface area contributed by atoms with E-state index in [2.05, 4.69) is 25.1 Å². The molecule has 0 aliphatic heterocycles. The van der Waals surface area contributed by atoms with Crippen LogP contribution in [0.25, 0.3) is 0 Å². The van der Waals surface area contributed by atoms with E-state index in [-0.39, 0.29) is 6.04 Å². The van der Waals surface area contributed by atoms with E-state index < -0.39 is 0 Å². The van der Waals surface area contributed by atoms with Gasteiger partial charge in [-0.15, -0.1) is 11.8 Å². The molecule has 1 saturated carbocycles. The molecule has 0 aromatic heterocycles. The zero-order valence-electron chi connectivity index (χ0n) is 11.9. The highest BCUT2D eigenvalue weighted by Crippen LogP contribution is 2.39. The smallest absolute Gasteiger partial charge is 0.0544 e. The molecule has 0 saturated heterocycles. The summed E-state index contributed by atoms with van der Waals surface area (Å²) in [6, 6.07) is 6.61. The Bertz CT molecular complexity index is 419. The van der Waals surface area contributed by atoms with Crippen molar-refractivity contribution < 1.29 is 0 Å². The molecule has 19 heavy (non-hydrogen) atoms. The first-order valence-corrected chi connectivity index (χ1v) is 8.51. The van der Waals surface area contributed by atoms with Crippen LogP contribution in [0.1, 0.15) is 45.1 Å². The first-order valence-electron chi connectivity index (χ1n) is 7.25. The fourth-order valence-electron chi connectivity index (χ4n) is 2.80. The summed E-state index contributed by atoms with van der Waals surface area (Å²) in [6.07, 6.45) is 6.29. The van der Waals surface area contributed by atoms with Crippen LogP contribution in [-0.4, -0.2) is 11.3 Å². The highest BCUT2D eigenvalue weighted by atomic mass is 35.5. The van der Waals surface area contributed by atoms with E-state index >= 15 is 0 Å². The van der Waals surface area contributed by atoms with Crippen molar-refractivity contribution in [3.8, 4) is 0 Å². The first-order chi connectivity index (χ1) is 9.04. The molecule has 1 aromatic carbocycles. The minimum Gasteiger partial charge on any atom is -0.328 e. The Morgan fingerprint density at radius 2 is 2.21 bits per heavy atom. The molecule has 1 aliphatic carbocycles. The van der Waals surface area contributed by atoms with E-state index in [4.69, 9.17) is 17.3 Å². The number of halogens is 1. The predicted octanol–water partition coefficient (Wildman–Crippen LogP) is 4.90. The van der Waals surface area contributed by atoms with Crippen molar-refractivity contribution in [2.75, 3.05) is 0 Å².